The van der Waals surface area contributed by atoms with Crippen LogP contribution in [0.5, 0.6) is 0 Å². The van der Waals surface area contributed by atoms with Crippen molar-refractivity contribution in [3.05, 3.63) is 47.5 Å². The summed E-state index contributed by atoms with van der Waals surface area (Å²) >= 11 is 1.46. The number of hydrogen-bond acceptors (Lipinski definition) is 6. The lowest BCUT2D eigenvalue weighted by Crippen LogP contribution is -2.22. The number of benzene rings is 2. The van der Waals surface area contributed by atoms with Gasteiger partial charge in [0.25, 0.3) is 5.91 Å². The van der Waals surface area contributed by atoms with E-state index >= 15 is 0 Å². The number of nitrogens with zero attached hydrogens (tertiary/aromatic N) is 2. The quantitative estimate of drug-likeness (QED) is 0.658. The van der Waals surface area contributed by atoms with E-state index in [1.807, 2.05) is 6.92 Å². The first-order chi connectivity index (χ1) is 12.8. The van der Waals surface area contributed by atoms with Crippen molar-refractivity contribution in [1.82, 2.24) is 9.29 Å². The Labute approximate surface area is 162 Å². The van der Waals surface area contributed by atoms with Crippen LogP contribution in [0.4, 0.5) is 11.4 Å². The van der Waals surface area contributed by atoms with Gasteiger partial charge in [-0.1, -0.05) is 0 Å². The molecular formula is C18H20N4O3S2. The zero-order valence-corrected chi connectivity index (χ0v) is 16.8. The molecule has 1 heterocycles. The monoisotopic (exact) mass is 404 g/mol. The molecule has 0 aliphatic carbocycles. The zero-order valence-electron chi connectivity index (χ0n) is 15.2. The van der Waals surface area contributed by atoms with E-state index < -0.39 is 10.0 Å². The molecule has 0 saturated heterocycles. The Bertz CT molecular complexity index is 1090. The van der Waals surface area contributed by atoms with E-state index in [1.54, 1.807) is 29.8 Å². The van der Waals surface area contributed by atoms with Crippen LogP contribution >= 0.6 is 11.3 Å². The van der Waals surface area contributed by atoms with E-state index in [-0.39, 0.29) is 10.8 Å². The average molecular weight is 405 g/mol. The average Bonchev–Trinajstić information content (AvgIpc) is 3.10. The molecule has 7 nitrogen and oxygen atoms in total. The molecule has 0 saturated carbocycles. The van der Waals surface area contributed by atoms with Gasteiger partial charge in [-0.25, -0.2) is 17.7 Å². The van der Waals surface area contributed by atoms with Crippen molar-refractivity contribution < 1.29 is 13.2 Å². The predicted molar refractivity (Wildman–Crippen MR) is 109 cm³/mol. The van der Waals surface area contributed by atoms with Crippen molar-refractivity contribution in [2.75, 3.05) is 31.3 Å². The second kappa shape index (κ2) is 7.63. The Morgan fingerprint density at radius 1 is 1.15 bits per heavy atom. The van der Waals surface area contributed by atoms with Crippen LogP contribution in [-0.4, -0.2) is 44.3 Å². The molecule has 3 aromatic rings. The number of carbonyl (C=O) groups is 1. The highest BCUT2D eigenvalue weighted by Gasteiger charge is 2.20. The lowest BCUT2D eigenvalue weighted by Gasteiger charge is -2.16. The fourth-order valence-electron chi connectivity index (χ4n) is 2.53. The van der Waals surface area contributed by atoms with Crippen molar-refractivity contribution in [1.29, 1.82) is 0 Å². The highest BCUT2D eigenvalue weighted by Crippen LogP contribution is 2.28. The summed E-state index contributed by atoms with van der Waals surface area (Å²) in [6, 6.07) is 9.91. The topological polar surface area (TPSA) is 91.4 Å². The maximum Gasteiger partial charge on any atom is 0.255 e. The van der Waals surface area contributed by atoms with Crippen LogP contribution in [-0.2, 0) is 10.0 Å². The zero-order chi connectivity index (χ0) is 19.6. The fraction of sp³-hybridized carbons (Fsp3) is 0.222. The first kappa shape index (κ1) is 19.3. The number of thiazole rings is 1. The maximum absolute atomic E-state index is 12.7. The molecule has 0 spiro atoms. The Hall–Kier alpha value is -2.49. The standard InChI is InChI=1S/C18H20N4O3S2/c1-4-19-14-8-6-13(27(24,25)22(2)3)10-16(14)21-18(23)12-5-7-15-17(9-12)26-11-20-15/h5-11,19H,4H2,1-3H3,(H,21,23). The number of fused-ring (bicyclic) bond motifs is 1. The van der Waals surface area contributed by atoms with E-state index in [0.717, 1.165) is 14.5 Å². The minimum atomic E-state index is -3.61. The molecule has 2 N–H and O–H groups in total. The molecule has 27 heavy (non-hydrogen) atoms. The molecule has 0 aliphatic rings. The molecule has 0 atom stereocenters. The fourth-order valence-corrected chi connectivity index (χ4v) is 4.18. The number of nitrogens with one attached hydrogen (secondary N) is 2. The first-order valence-electron chi connectivity index (χ1n) is 8.28. The van der Waals surface area contributed by atoms with Gasteiger partial charge in [-0.15, -0.1) is 11.3 Å². The van der Waals surface area contributed by atoms with Crippen molar-refractivity contribution in [3.8, 4) is 0 Å². The van der Waals surface area contributed by atoms with Gasteiger partial charge in [-0.3, -0.25) is 4.79 Å². The van der Waals surface area contributed by atoms with Crippen molar-refractivity contribution in [2.24, 2.45) is 0 Å². The maximum atomic E-state index is 12.7. The van der Waals surface area contributed by atoms with Gasteiger partial charge in [0, 0.05) is 26.2 Å². The number of anilines is 2. The molecule has 3 rings (SSSR count). The molecule has 0 aliphatic heterocycles. The summed E-state index contributed by atoms with van der Waals surface area (Å²) in [6.45, 7) is 2.56. The normalized spacial score (nSPS) is 11.7. The van der Waals surface area contributed by atoms with Gasteiger partial charge in [-0.05, 0) is 43.3 Å². The summed E-state index contributed by atoms with van der Waals surface area (Å²) in [5.74, 6) is -0.316. The molecule has 1 amide bonds. The summed E-state index contributed by atoms with van der Waals surface area (Å²) in [7, 11) is -0.669. The van der Waals surface area contributed by atoms with Gasteiger partial charge in [-0.2, -0.15) is 0 Å². The molecule has 0 unspecified atom stereocenters. The lowest BCUT2D eigenvalue weighted by molar-refractivity contribution is 0.102. The van der Waals surface area contributed by atoms with Crippen LogP contribution in [0.3, 0.4) is 0 Å². The molecule has 0 bridgehead atoms. The van der Waals surface area contributed by atoms with Gasteiger partial charge in [0.15, 0.2) is 0 Å². The summed E-state index contributed by atoms with van der Waals surface area (Å²) in [5, 5.41) is 5.96. The smallest absolute Gasteiger partial charge is 0.255 e. The third kappa shape index (κ3) is 3.95. The van der Waals surface area contributed by atoms with Gasteiger partial charge in [0.05, 0.1) is 32.0 Å². The Kier molecular flexibility index (Phi) is 5.45. The van der Waals surface area contributed by atoms with Crippen LogP contribution in [0.15, 0.2) is 46.8 Å². The van der Waals surface area contributed by atoms with Crippen LogP contribution in [0.25, 0.3) is 10.2 Å². The highest BCUT2D eigenvalue weighted by molar-refractivity contribution is 7.89. The molecule has 1 aromatic heterocycles. The second-order valence-electron chi connectivity index (χ2n) is 6.01. The van der Waals surface area contributed by atoms with E-state index in [2.05, 4.69) is 15.6 Å². The third-order valence-corrected chi connectivity index (χ3v) is 6.58. The Morgan fingerprint density at radius 2 is 1.93 bits per heavy atom. The number of amides is 1. The molecule has 0 radical (unpaired) electrons. The van der Waals surface area contributed by atoms with Gasteiger partial charge in [0.2, 0.25) is 10.0 Å². The number of sulfonamides is 1. The molecular weight excluding hydrogens is 384 g/mol. The summed E-state index contributed by atoms with van der Waals surface area (Å²) in [6.07, 6.45) is 0. The first-order valence-corrected chi connectivity index (χ1v) is 10.6. The van der Waals surface area contributed by atoms with Crippen LogP contribution in [0.2, 0.25) is 0 Å². The van der Waals surface area contributed by atoms with E-state index in [0.29, 0.717) is 23.5 Å². The SMILES string of the molecule is CCNc1ccc(S(=O)(=O)N(C)C)cc1NC(=O)c1ccc2ncsc2c1. The second-order valence-corrected chi connectivity index (χ2v) is 9.05. The minimum absolute atomic E-state index is 0.113. The van der Waals surface area contributed by atoms with E-state index in [9.17, 15) is 13.2 Å². The predicted octanol–water partition coefficient (Wildman–Crippen LogP) is 3.23. The minimum Gasteiger partial charge on any atom is -0.384 e. The summed E-state index contributed by atoms with van der Waals surface area (Å²) in [5.41, 5.74) is 4.11. The molecule has 0 fully saturated rings. The number of rotatable bonds is 6. The summed E-state index contributed by atoms with van der Waals surface area (Å²) in [4.78, 5) is 17.0. The molecule has 142 valence electrons. The van der Waals surface area contributed by atoms with E-state index in [4.69, 9.17) is 0 Å². The largest absolute Gasteiger partial charge is 0.384 e. The Balaban J connectivity index is 1.96. The molecule has 9 heteroatoms. The highest BCUT2D eigenvalue weighted by atomic mass is 32.2. The lowest BCUT2D eigenvalue weighted by atomic mass is 10.2. The number of hydrogen-bond donors (Lipinski definition) is 2. The van der Waals surface area contributed by atoms with Crippen molar-refractivity contribution >= 4 is 48.9 Å². The van der Waals surface area contributed by atoms with Gasteiger partial charge in [0.1, 0.15) is 0 Å². The summed E-state index contributed by atoms with van der Waals surface area (Å²) < 4.78 is 26.9. The number of aromatic nitrogens is 1. The molecule has 2 aromatic carbocycles. The van der Waals surface area contributed by atoms with Crippen LogP contribution in [0, 0.1) is 0 Å². The van der Waals surface area contributed by atoms with Gasteiger partial charge >= 0.3 is 0 Å². The van der Waals surface area contributed by atoms with Crippen molar-refractivity contribution in [2.45, 2.75) is 11.8 Å². The van der Waals surface area contributed by atoms with Crippen LogP contribution < -0.4 is 10.6 Å². The Morgan fingerprint density at radius 3 is 2.63 bits per heavy atom. The van der Waals surface area contributed by atoms with Crippen LogP contribution in [0.1, 0.15) is 17.3 Å². The number of carbonyl (C=O) groups excluding carboxylic acids is 1. The van der Waals surface area contributed by atoms with E-state index in [1.165, 1.54) is 37.6 Å². The third-order valence-electron chi connectivity index (χ3n) is 3.98. The van der Waals surface area contributed by atoms with Gasteiger partial charge < -0.3 is 10.6 Å². The van der Waals surface area contributed by atoms with Crippen molar-refractivity contribution in [3.63, 3.8) is 0 Å².